The predicted molar refractivity (Wildman–Crippen MR) is 149 cm³/mol. The van der Waals surface area contributed by atoms with Gasteiger partial charge in [0.2, 0.25) is 11.8 Å². The Kier molecular flexibility index (Phi) is 9.15. The molecule has 4 heterocycles. The second-order valence-electron chi connectivity index (χ2n) is 9.96. The topological polar surface area (TPSA) is 79.7 Å². The van der Waals surface area contributed by atoms with Gasteiger partial charge < -0.3 is 27.1 Å². The summed E-state index contributed by atoms with van der Waals surface area (Å²) in [6, 6.07) is 31.4. The Balaban J connectivity index is 0.000000483. The third-order valence-corrected chi connectivity index (χ3v) is 7.83. The molecular formula is C31H26AgBF4N2O4. The van der Waals surface area contributed by atoms with Gasteiger partial charge in [0, 0.05) is 13.3 Å². The summed E-state index contributed by atoms with van der Waals surface area (Å²) in [7, 11) is -5.00. The van der Waals surface area contributed by atoms with Gasteiger partial charge in [0.05, 0.1) is 11.8 Å². The number of amides is 2. The molecule has 0 saturated carbocycles. The van der Waals surface area contributed by atoms with E-state index >= 15 is 0 Å². The first kappa shape index (κ1) is 32.3. The molecule has 3 aliphatic heterocycles. The van der Waals surface area contributed by atoms with Crippen LogP contribution in [-0.4, -0.2) is 36.3 Å². The molecule has 12 heteroatoms. The number of rotatable bonds is 3. The number of halogens is 4. The third-order valence-electron chi connectivity index (χ3n) is 7.83. The van der Waals surface area contributed by atoms with Crippen LogP contribution in [0.2, 0.25) is 0 Å². The van der Waals surface area contributed by atoms with Crippen molar-refractivity contribution < 1.29 is 59.1 Å². The molecule has 0 radical (unpaired) electrons. The zero-order valence-electron chi connectivity index (χ0n) is 22.9. The van der Waals surface area contributed by atoms with Crippen LogP contribution in [0.25, 0.3) is 0 Å². The standard InChI is InChI=1S/C30H22N2O3.CH4O.Ag.BF4/c1-19-11-10-18-31-26(19)32-27(33)24-25(28(32)34)30(21-14-6-3-7-15-21)23-17-9-8-16-22(23)29(24,35-30)20-12-4-2-5-13-20;1-2;;2-1(3,4)5/h2-18,24-25H,1H3;2H,1H3;;/q;;+1;-1/t24-,25+,29+,30-;;;. The van der Waals surface area contributed by atoms with E-state index in [0.717, 1.165) is 34.9 Å². The first-order valence-electron chi connectivity index (χ1n) is 13.1. The van der Waals surface area contributed by atoms with Gasteiger partial charge >= 0.3 is 29.6 Å². The van der Waals surface area contributed by atoms with Crippen molar-refractivity contribution >= 4 is 24.9 Å². The first-order valence-corrected chi connectivity index (χ1v) is 13.1. The largest absolute Gasteiger partial charge is 1.00 e. The fraction of sp³-hybridized carbons (Fsp3) is 0.194. The van der Waals surface area contributed by atoms with Gasteiger partial charge in [0.25, 0.3) is 0 Å². The summed E-state index contributed by atoms with van der Waals surface area (Å²) < 4.78 is 46.1. The molecule has 0 aliphatic carbocycles. The van der Waals surface area contributed by atoms with Crippen LogP contribution in [-0.2, 0) is 47.9 Å². The summed E-state index contributed by atoms with van der Waals surface area (Å²) in [6.07, 6.45) is 1.62. The van der Waals surface area contributed by atoms with E-state index in [2.05, 4.69) is 4.98 Å². The van der Waals surface area contributed by atoms with Crippen LogP contribution in [0.5, 0.6) is 0 Å². The SMILES string of the molecule is CO.Cc1cccnc1N1C(=O)[C@@H]2[C@H](C1=O)[C@@]1(c3ccccc3)O[C@]2(c2ccccc2)c2ccccc21.F[B-](F)(F)F.[Ag+]. The molecule has 0 unspecified atom stereocenters. The fourth-order valence-electron chi connectivity index (χ4n) is 6.53. The first-order chi connectivity index (χ1) is 20.1. The van der Waals surface area contributed by atoms with Gasteiger partial charge in [-0.2, -0.15) is 0 Å². The van der Waals surface area contributed by atoms with Crippen molar-refractivity contribution in [1.82, 2.24) is 4.98 Å². The Hall–Kier alpha value is -3.60. The number of imide groups is 1. The van der Waals surface area contributed by atoms with E-state index in [4.69, 9.17) is 9.84 Å². The van der Waals surface area contributed by atoms with Gasteiger partial charge in [-0.25, -0.2) is 9.88 Å². The average molecular weight is 685 g/mol. The van der Waals surface area contributed by atoms with Crippen molar-refractivity contribution in [2.24, 2.45) is 11.8 Å². The van der Waals surface area contributed by atoms with Crippen LogP contribution in [0.15, 0.2) is 103 Å². The van der Waals surface area contributed by atoms with Crippen molar-refractivity contribution in [3.63, 3.8) is 0 Å². The molecule has 3 aliphatic rings. The molecule has 2 bridgehead atoms. The van der Waals surface area contributed by atoms with Crippen LogP contribution in [0.4, 0.5) is 23.1 Å². The molecule has 0 spiro atoms. The van der Waals surface area contributed by atoms with E-state index in [0.29, 0.717) is 5.82 Å². The number of fused-ring (bicyclic) bond motifs is 8. The molecule has 4 aromatic rings. The summed E-state index contributed by atoms with van der Waals surface area (Å²) in [5.74, 6) is -1.56. The Morgan fingerprint density at radius 2 is 1.12 bits per heavy atom. The minimum Gasteiger partial charge on any atom is -0.418 e. The smallest absolute Gasteiger partial charge is 0.418 e. The van der Waals surface area contributed by atoms with Gasteiger partial charge in [-0.3, -0.25) is 9.59 Å². The van der Waals surface area contributed by atoms with Crippen molar-refractivity contribution in [2.45, 2.75) is 18.1 Å². The number of pyridine rings is 1. The van der Waals surface area contributed by atoms with Gasteiger partial charge in [-0.05, 0) is 40.8 Å². The summed E-state index contributed by atoms with van der Waals surface area (Å²) in [5, 5.41) is 7.00. The van der Waals surface area contributed by atoms with Gasteiger partial charge in [-0.15, -0.1) is 0 Å². The van der Waals surface area contributed by atoms with Gasteiger partial charge in [0.1, 0.15) is 17.0 Å². The van der Waals surface area contributed by atoms with Crippen molar-refractivity contribution in [3.8, 4) is 0 Å². The average Bonchev–Trinajstić information content (AvgIpc) is 3.59. The number of anilines is 1. The maximum absolute atomic E-state index is 14.3. The zero-order chi connectivity index (χ0) is 30.3. The fourth-order valence-corrected chi connectivity index (χ4v) is 6.53. The normalized spacial score (nSPS) is 24.6. The molecular weight excluding hydrogens is 659 g/mol. The number of hydrogen-bond donors (Lipinski definition) is 1. The summed E-state index contributed by atoms with van der Waals surface area (Å²) >= 11 is 0. The van der Waals surface area contributed by atoms with Crippen LogP contribution in [0, 0.1) is 18.8 Å². The molecule has 1 N–H and O–H groups in total. The Morgan fingerprint density at radius 3 is 1.51 bits per heavy atom. The number of nitrogens with zero attached hydrogens (tertiary/aromatic N) is 2. The van der Waals surface area contributed by atoms with Crippen LogP contribution in [0.3, 0.4) is 0 Å². The number of hydrogen-bond acceptors (Lipinski definition) is 5. The number of benzene rings is 3. The Morgan fingerprint density at radius 1 is 0.721 bits per heavy atom. The zero-order valence-corrected chi connectivity index (χ0v) is 24.4. The van der Waals surface area contributed by atoms with Crippen molar-refractivity contribution in [1.29, 1.82) is 0 Å². The number of aliphatic hydroxyl groups excluding tert-OH is 1. The molecule has 3 aromatic carbocycles. The van der Waals surface area contributed by atoms with Crippen molar-refractivity contribution in [2.75, 3.05) is 12.0 Å². The maximum Gasteiger partial charge on any atom is 1.00 e. The predicted octanol–water partition coefficient (Wildman–Crippen LogP) is 5.63. The van der Waals surface area contributed by atoms with E-state index in [-0.39, 0.29) is 34.2 Å². The number of aromatic nitrogens is 1. The van der Waals surface area contributed by atoms with Crippen LogP contribution >= 0.6 is 0 Å². The summed E-state index contributed by atoms with van der Waals surface area (Å²) in [5.41, 5.74) is 2.25. The van der Waals surface area contributed by atoms with Gasteiger partial charge in [0.15, 0.2) is 0 Å². The minimum atomic E-state index is -6.00. The third kappa shape index (κ3) is 5.05. The van der Waals surface area contributed by atoms with E-state index in [1.165, 1.54) is 4.90 Å². The molecule has 2 amide bonds. The van der Waals surface area contributed by atoms with Gasteiger partial charge in [-0.1, -0.05) is 91.0 Å². The number of aliphatic hydroxyl groups is 1. The van der Waals surface area contributed by atoms with Crippen LogP contribution < -0.4 is 4.90 Å². The molecule has 226 valence electrons. The second-order valence-corrected chi connectivity index (χ2v) is 9.96. The van der Waals surface area contributed by atoms with E-state index in [1.54, 1.807) is 6.20 Å². The molecule has 43 heavy (non-hydrogen) atoms. The van der Waals surface area contributed by atoms with Crippen molar-refractivity contribution in [3.05, 3.63) is 131 Å². The quantitative estimate of drug-likeness (QED) is 0.172. The number of carbonyl (C=O) groups is 2. The number of aryl methyl sites for hydroxylation is 1. The molecule has 6 nitrogen and oxygen atoms in total. The monoisotopic (exact) mass is 684 g/mol. The molecule has 4 atom stereocenters. The molecule has 7 rings (SSSR count). The van der Waals surface area contributed by atoms with E-state index < -0.39 is 30.3 Å². The molecule has 2 saturated heterocycles. The minimum absolute atomic E-state index is 0. The summed E-state index contributed by atoms with van der Waals surface area (Å²) in [4.78, 5) is 34.3. The second kappa shape index (κ2) is 12.2. The Bertz CT molecular complexity index is 1530. The summed E-state index contributed by atoms with van der Waals surface area (Å²) in [6.45, 7) is 1.87. The molecule has 2 fully saturated rings. The molecule has 1 aromatic heterocycles. The Labute approximate surface area is 261 Å². The van der Waals surface area contributed by atoms with Crippen LogP contribution in [0.1, 0.15) is 27.8 Å². The van der Waals surface area contributed by atoms with E-state index in [1.807, 2.05) is 104 Å². The number of carbonyl (C=O) groups excluding carboxylic acids is 2. The van der Waals surface area contributed by atoms with E-state index in [9.17, 15) is 26.9 Å². The number of ether oxygens (including phenoxy) is 1. The maximum atomic E-state index is 14.3.